The summed E-state index contributed by atoms with van der Waals surface area (Å²) in [7, 11) is -3.43. The number of benzene rings is 3. The van der Waals surface area contributed by atoms with Crippen LogP contribution in [0.4, 0.5) is 5.69 Å². The molecule has 168 valence electrons. The van der Waals surface area contributed by atoms with Gasteiger partial charge in [0.2, 0.25) is 10.0 Å². The number of carbonyl (C=O) groups is 1. The molecule has 0 bridgehead atoms. The summed E-state index contributed by atoms with van der Waals surface area (Å²) >= 11 is 0. The van der Waals surface area contributed by atoms with Crippen molar-refractivity contribution in [1.82, 2.24) is 15.1 Å². The Morgan fingerprint density at radius 2 is 1.64 bits per heavy atom. The van der Waals surface area contributed by atoms with Crippen LogP contribution in [0.5, 0.6) is 0 Å². The van der Waals surface area contributed by atoms with E-state index in [4.69, 9.17) is 5.10 Å². The molecule has 0 radical (unpaired) electrons. The van der Waals surface area contributed by atoms with Gasteiger partial charge in [0.15, 0.2) is 0 Å². The van der Waals surface area contributed by atoms with Gasteiger partial charge in [0.25, 0.3) is 5.91 Å². The van der Waals surface area contributed by atoms with Crippen molar-refractivity contribution < 1.29 is 13.2 Å². The molecular formula is C25H24N4O3S. The number of carbonyl (C=O) groups excluding carboxylic acids is 1. The van der Waals surface area contributed by atoms with E-state index in [2.05, 4.69) is 10.0 Å². The minimum Gasteiger partial charge on any atom is -0.348 e. The maximum Gasteiger partial charge on any atom is 0.251 e. The van der Waals surface area contributed by atoms with E-state index < -0.39 is 10.0 Å². The van der Waals surface area contributed by atoms with Crippen molar-refractivity contribution in [2.24, 2.45) is 0 Å². The van der Waals surface area contributed by atoms with Crippen LogP contribution in [0.25, 0.3) is 11.3 Å². The summed E-state index contributed by atoms with van der Waals surface area (Å²) in [6, 6.07) is 26.2. The topological polar surface area (TPSA) is 93.1 Å². The Bertz CT molecular complexity index is 1350. The predicted molar refractivity (Wildman–Crippen MR) is 129 cm³/mol. The van der Waals surface area contributed by atoms with Crippen molar-refractivity contribution >= 4 is 21.6 Å². The predicted octanol–water partition coefficient (Wildman–Crippen LogP) is 3.90. The quantitative estimate of drug-likeness (QED) is 0.417. The first-order valence-electron chi connectivity index (χ1n) is 10.4. The first-order chi connectivity index (χ1) is 15.9. The molecule has 0 aliphatic rings. The fourth-order valence-electron chi connectivity index (χ4n) is 3.50. The van der Waals surface area contributed by atoms with Crippen LogP contribution < -0.4 is 10.0 Å². The van der Waals surface area contributed by atoms with Gasteiger partial charge in [-0.2, -0.15) is 5.10 Å². The zero-order valence-electron chi connectivity index (χ0n) is 18.1. The van der Waals surface area contributed by atoms with Crippen LogP contribution in [0.2, 0.25) is 0 Å². The number of rotatable bonds is 8. The van der Waals surface area contributed by atoms with E-state index in [-0.39, 0.29) is 12.5 Å². The van der Waals surface area contributed by atoms with Crippen LogP contribution in [0, 0.1) is 0 Å². The summed E-state index contributed by atoms with van der Waals surface area (Å²) < 4.78 is 27.2. The second-order valence-electron chi connectivity index (χ2n) is 7.69. The van der Waals surface area contributed by atoms with Crippen molar-refractivity contribution in [2.45, 2.75) is 13.1 Å². The molecule has 1 aromatic heterocycles. The maximum atomic E-state index is 12.8. The van der Waals surface area contributed by atoms with E-state index in [0.29, 0.717) is 17.8 Å². The number of hydrogen-bond donors (Lipinski definition) is 2. The van der Waals surface area contributed by atoms with Crippen LogP contribution in [0.15, 0.2) is 91.1 Å². The molecule has 0 saturated heterocycles. The average Bonchev–Trinajstić information content (AvgIpc) is 3.20. The van der Waals surface area contributed by atoms with Gasteiger partial charge in [0.05, 0.1) is 18.5 Å². The van der Waals surface area contributed by atoms with Gasteiger partial charge >= 0.3 is 0 Å². The zero-order chi connectivity index (χ0) is 23.3. The molecule has 0 spiro atoms. The fourth-order valence-corrected chi connectivity index (χ4v) is 4.05. The molecule has 0 fully saturated rings. The molecule has 1 heterocycles. The zero-order valence-corrected chi connectivity index (χ0v) is 18.9. The molecule has 33 heavy (non-hydrogen) atoms. The second-order valence-corrected chi connectivity index (χ2v) is 9.44. The molecule has 0 atom stereocenters. The Kier molecular flexibility index (Phi) is 6.55. The Morgan fingerprint density at radius 1 is 0.939 bits per heavy atom. The molecule has 0 saturated carbocycles. The van der Waals surface area contributed by atoms with Crippen molar-refractivity contribution in [3.63, 3.8) is 0 Å². The smallest absolute Gasteiger partial charge is 0.251 e. The Morgan fingerprint density at radius 3 is 2.33 bits per heavy atom. The Balaban J connectivity index is 1.54. The second kappa shape index (κ2) is 9.70. The van der Waals surface area contributed by atoms with Crippen LogP contribution in [0.1, 0.15) is 21.5 Å². The summed E-state index contributed by atoms with van der Waals surface area (Å²) in [5.74, 6) is -0.304. The molecule has 0 unspecified atom stereocenters. The van der Waals surface area contributed by atoms with Crippen molar-refractivity contribution in [3.8, 4) is 11.3 Å². The highest BCUT2D eigenvalue weighted by molar-refractivity contribution is 7.92. The van der Waals surface area contributed by atoms with Gasteiger partial charge in [-0.3, -0.25) is 14.2 Å². The summed E-state index contributed by atoms with van der Waals surface area (Å²) in [4.78, 5) is 12.8. The monoisotopic (exact) mass is 460 g/mol. The molecule has 3 aromatic carbocycles. The first-order valence-corrected chi connectivity index (χ1v) is 12.3. The number of sulfonamides is 1. The highest BCUT2D eigenvalue weighted by Crippen LogP contribution is 2.22. The molecular weight excluding hydrogens is 436 g/mol. The van der Waals surface area contributed by atoms with Crippen LogP contribution >= 0.6 is 0 Å². The summed E-state index contributed by atoms with van der Waals surface area (Å²) in [6.07, 6.45) is 3.01. The third-order valence-corrected chi connectivity index (χ3v) is 5.55. The lowest BCUT2D eigenvalue weighted by Gasteiger charge is -2.08. The van der Waals surface area contributed by atoms with Crippen LogP contribution in [-0.4, -0.2) is 30.4 Å². The highest BCUT2D eigenvalue weighted by atomic mass is 32.2. The number of aromatic nitrogens is 2. The van der Waals surface area contributed by atoms with E-state index >= 15 is 0 Å². The number of hydrogen-bond acceptors (Lipinski definition) is 4. The lowest BCUT2D eigenvalue weighted by atomic mass is 10.1. The minimum absolute atomic E-state index is 0.279. The SMILES string of the molecule is CS(=O)(=O)Nc1cccc(C(=O)NCc2cn(Cc3ccccc3)nc2-c2ccccc2)c1. The average molecular weight is 461 g/mol. The Hall–Kier alpha value is -3.91. The number of anilines is 1. The van der Waals surface area contributed by atoms with Gasteiger partial charge in [-0.15, -0.1) is 0 Å². The van der Waals surface area contributed by atoms with E-state index in [0.717, 1.165) is 28.6 Å². The largest absolute Gasteiger partial charge is 0.348 e. The third kappa shape index (κ3) is 6.08. The Labute approximate surface area is 193 Å². The standard InChI is InChI=1S/C25H24N4O3S/c1-33(31,32)28-23-14-8-13-21(15-23)25(30)26-16-22-18-29(17-19-9-4-2-5-10-19)27-24(22)20-11-6-3-7-12-20/h2-15,18,28H,16-17H2,1H3,(H,26,30). The number of nitrogens with one attached hydrogen (secondary N) is 2. The molecule has 0 aliphatic carbocycles. The van der Waals surface area contributed by atoms with Crippen molar-refractivity contribution in [3.05, 3.63) is 108 Å². The summed E-state index contributed by atoms with van der Waals surface area (Å²) in [6.45, 7) is 0.898. The molecule has 4 aromatic rings. The highest BCUT2D eigenvalue weighted by Gasteiger charge is 2.14. The molecule has 2 N–H and O–H groups in total. The molecule has 7 nitrogen and oxygen atoms in total. The van der Waals surface area contributed by atoms with Crippen molar-refractivity contribution in [1.29, 1.82) is 0 Å². The van der Waals surface area contributed by atoms with Gasteiger partial charge in [-0.1, -0.05) is 66.7 Å². The van der Waals surface area contributed by atoms with E-state index in [1.165, 1.54) is 6.07 Å². The molecule has 1 amide bonds. The molecule has 8 heteroatoms. The van der Waals surface area contributed by atoms with Crippen molar-refractivity contribution in [2.75, 3.05) is 11.0 Å². The lowest BCUT2D eigenvalue weighted by Crippen LogP contribution is -2.23. The first kappa shape index (κ1) is 22.3. The summed E-state index contributed by atoms with van der Waals surface area (Å²) in [5.41, 5.74) is 4.49. The van der Waals surface area contributed by atoms with Gasteiger partial charge in [0.1, 0.15) is 0 Å². The van der Waals surface area contributed by atoms with Crippen LogP contribution in [0.3, 0.4) is 0 Å². The fraction of sp³-hybridized carbons (Fsp3) is 0.120. The third-order valence-electron chi connectivity index (χ3n) is 4.94. The molecule has 0 aliphatic heterocycles. The van der Waals surface area contributed by atoms with Crippen LogP contribution in [-0.2, 0) is 23.1 Å². The summed E-state index contributed by atoms with van der Waals surface area (Å²) in [5, 5.41) is 7.69. The number of amides is 1. The van der Waals surface area contributed by atoms with E-state index in [9.17, 15) is 13.2 Å². The maximum absolute atomic E-state index is 12.8. The van der Waals surface area contributed by atoms with Gasteiger partial charge < -0.3 is 5.32 Å². The van der Waals surface area contributed by atoms with Gasteiger partial charge in [-0.05, 0) is 23.8 Å². The van der Waals surface area contributed by atoms with E-state index in [1.807, 2.05) is 71.5 Å². The minimum atomic E-state index is -3.43. The normalized spacial score (nSPS) is 11.2. The molecule has 4 rings (SSSR count). The number of nitrogens with zero attached hydrogens (tertiary/aromatic N) is 2. The van der Waals surface area contributed by atoms with Gasteiger partial charge in [0, 0.05) is 35.1 Å². The van der Waals surface area contributed by atoms with E-state index in [1.54, 1.807) is 18.2 Å². The lowest BCUT2D eigenvalue weighted by molar-refractivity contribution is 0.0951. The van der Waals surface area contributed by atoms with Gasteiger partial charge in [-0.25, -0.2) is 8.42 Å².